The van der Waals surface area contributed by atoms with Crippen LogP contribution in [0, 0.1) is 6.92 Å². The normalized spacial score (nSPS) is 18.1. The van der Waals surface area contributed by atoms with E-state index in [9.17, 15) is 9.90 Å². The van der Waals surface area contributed by atoms with Crippen LogP contribution in [0.3, 0.4) is 0 Å². The van der Waals surface area contributed by atoms with E-state index in [0.29, 0.717) is 47.9 Å². The number of rotatable bonds is 10. The highest BCUT2D eigenvalue weighted by Gasteiger charge is 2.38. The summed E-state index contributed by atoms with van der Waals surface area (Å²) < 4.78 is 11.4. The number of hydrogen-bond acceptors (Lipinski definition) is 7. The van der Waals surface area contributed by atoms with Gasteiger partial charge in [0.05, 0.1) is 18.3 Å². The number of Topliss-reactive ketones (excluding diaryl/α,β-unsaturated/α-hetero) is 1. The van der Waals surface area contributed by atoms with Gasteiger partial charge in [-0.25, -0.2) is 4.98 Å². The largest absolute Gasteiger partial charge is 0.496 e. The van der Waals surface area contributed by atoms with Crippen molar-refractivity contribution in [1.29, 1.82) is 0 Å². The van der Waals surface area contributed by atoms with Crippen LogP contribution in [0.2, 0.25) is 0 Å². The molecule has 4 rings (SSSR count). The first-order valence-electron chi connectivity index (χ1n) is 12.6. The van der Waals surface area contributed by atoms with Crippen LogP contribution in [-0.2, 0) is 17.6 Å². The maximum Gasteiger partial charge on any atom is 0.163 e. The predicted octanol–water partition coefficient (Wildman–Crippen LogP) is 4.43. The molecule has 1 aliphatic rings. The van der Waals surface area contributed by atoms with E-state index in [1.54, 1.807) is 26.2 Å². The maximum atomic E-state index is 13.1. The lowest BCUT2D eigenvalue weighted by Gasteiger charge is -2.25. The minimum Gasteiger partial charge on any atom is -0.496 e. The number of aromatic nitrogens is 1. The van der Waals surface area contributed by atoms with Gasteiger partial charge in [-0.3, -0.25) is 4.79 Å². The number of aryl methyl sites for hydroxylation is 2. The summed E-state index contributed by atoms with van der Waals surface area (Å²) in [6.45, 7) is 6.01. The molecule has 0 spiro atoms. The van der Waals surface area contributed by atoms with Crippen molar-refractivity contribution in [3.63, 3.8) is 0 Å². The Kier molecular flexibility index (Phi) is 7.69. The van der Waals surface area contributed by atoms with Crippen LogP contribution in [0.4, 0.5) is 0 Å². The van der Waals surface area contributed by atoms with Gasteiger partial charge < -0.3 is 25.4 Å². The molecule has 1 aromatic heterocycles. The van der Waals surface area contributed by atoms with Crippen molar-refractivity contribution in [2.24, 2.45) is 5.73 Å². The molecule has 2 heterocycles. The van der Waals surface area contributed by atoms with Crippen molar-refractivity contribution >= 4 is 5.78 Å². The molecule has 7 heteroatoms. The average Bonchev–Trinajstić information content (AvgIpc) is 3.20. The predicted molar refractivity (Wildman–Crippen MR) is 143 cm³/mol. The van der Waals surface area contributed by atoms with Crippen molar-refractivity contribution in [3.8, 4) is 22.8 Å². The average molecular weight is 505 g/mol. The van der Waals surface area contributed by atoms with Gasteiger partial charge in [-0.15, -0.1) is 0 Å². The molecule has 0 saturated carbocycles. The minimum absolute atomic E-state index is 0.0940. The van der Waals surface area contributed by atoms with Crippen molar-refractivity contribution in [3.05, 3.63) is 76.5 Å². The second-order valence-corrected chi connectivity index (χ2v) is 10.4. The Hall–Kier alpha value is -3.26. The van der Waals surface area contributed by atoms with Crippen LogP contribution < -0.4 is 15.2 Å². The van der Waals surface area contributed by atoms with E-state index in [0.717, 1.165) is 22.3 Å². The monoisotopic (exact) mass is 504 g/mol. The molecule has 0 bridgehead atoms. The Labute approximate surface area is 218 Å². The molecular formula is C30H36N2O5. The summed E-state index contributed by atoms with van der Waals surface area (Å²) in [5.74, 6) is 1.16. The third kappa shape index (κ3) is 5.69. The van der Waals surface area contributed by atoms with Gasteiger partial charge >= 0.3 is 0 Å². The molecule has 3 aromatic rings. The van der Waals surface area contributed by atoms with Crippen molar-refractivity contribution in [1.82, 2.24) is 4.98 Å². The van der Waals surface area contributed by atoms with Gasteiger partial charge in [-0.1, -0.05) is 42.0 Å². The summed E-state index contributed by atoms with van der Waals surface area (Å²) in [6.07, 6.45) is 1.60. The highest BCUT2D eigenvalue weighted by molar-refractivity contribution is 5.96. The zero-order chi connectivity index (χ0) is 26.8. The number of nitrogens with zero attached hydrogens (tertiary/aromatic N) is 1. The SMILES string of the molecule is COc1cc(C(=O)CCC(C)(O)c2cc3c(c(-c4ccc(C)cc4)n2)OCC3(C)N)ccc1CCCO. The summed E-state index contributed by atoms with van der Waals surface area (Å²) in [6, 6.07) is 15.1. The highest BCUT2D eigenvalue weighted by atomic mass is 16.5. The van der Waals surface area contributed by atoms with Crippen LogP contribution in [-0.4, -0.2) is 41.3 Å². The lowest BCUT2D eigenvalue weighted by molar-refractivity contribution is 0.0396. The van der Waals surface area contributed by atoms with Gasteiger partial charge in [0.1, 0.15) is 23.7 Å². The summed E-state index contributed by atoms with van der Waals surface area (Å²) in [5, 5.41) is 20.6. The van der Waals surface area contributed by atoms with E-state index in [-0.39, 0.29) is 25.2 Å². The molecule has 2 unspecified atom stereocenters. The van der Waals surface area contributed by atoms with E-state index in [2.05, 4.69) is 0 Å². The smallest absolute Gasteiger partial charge is 0.163 e. The van der Waals surface area contributed by atoms with Crippen LogP contribution in [0.15, 0.2) is 48.5 Å². The number of carbonyl (C=O) groups excluding carboxylic acids is 1. The van der Waals surface area contributed by atoms with Gasteiger partial charge in [0, 0.05) is 29.7 Å². The Morgan fingerprint density at radius 2 is 1.95 bits per heavy atom. The molecule has 0 radical (unpaired) electrons. The summed E-state index contributed by atoms with van der Waals surface area (Å²) in [7, 11) is 1.57. The number of fused-ring (bicyclic) bond motifs is 1. The fourth-order valence-electron chi connectivity index (χ4n) is 4.61. The molecule has 0 fully saturated rings. The molecule has 0 saturated heterocycles. The Morgan fingerprint density at radius 3 is 2.62 bits per heavy atom. The molecule has 2 atom stereocenters. The first-order valence-corrected chi connectivity index (χ1v) is 12.6. The molecule has 4 N–H and O–H groups in total. The van der Waals surface area contributed by atoms with Gasteiger partial charge in [-0.2, -0.15) is 0 Å². The number of ketones is 1. The van der Waals surface area contributed by atoms with Crippen LogP contribution in [0.25, 0.3) is 11.3 Å². The zero-order valence-electron chi connectivity index (χ0n) is 22.0. The fraction of sp³-hybridized carbons (Fsp3) is 0.400. The zero-order valence-corrected chi connectivity index (χ0v) is 22.0. The van der Waals surface area contributed by atoms with Gasteiger partial charge in [0.15, 0.2) is 11.5 Å². The van der Waals surface area contributed by atoms with E-state index in [1.807, 2.05) is 50.2 Å². The topological polar surface area (TPSA) is 115 Å². The molecule has 2 aromatic carbocycles. The van der Waals surface area contributed by atoms with Gasteiger partial charge in [0.25, 0.3) is 0 Å². The molecule has 1 aliphatic heterocycles. The lowest BCUT2D eigenvalue weighted by atomic mass is 9.88. The molecule has 196 valence electrons. The number of nitrogens with two attached hydrogens (primary N) is 1. The van der Waals surface area contributed by atoms with Gasteiger partial charge in [-0.05, 0) is 57.7 Å². The number of ether oxygens (including phenoxy) is 2. The first kappa shape index (κ1) is 26.8. The third-order valence-corrected chi connectivity index (χ3v) is 7.03. The van der Waals surface area contributed by atoms with Crippen molar-refractivity contribution in [2.75, 3.05) is 20.3 Å². The van der Waals surface area contributed by atoms with Crippen LogP contribution in [0.5, 0.6) is 11.5 Å². The highest BCUT2D eigenvalue weighted by Crippen LogP contribution is 2.44. The van der Waals surface area contributed by atoms with E-state index in [1.165, 1.54) is 0 Å². The maximum absolute atomic E-state index is 13.1. The van der Waals surface area contributed by atoms with Crippen molar-refractivity contribution in [2.45, 2.75) is 57.6 Å². The van der Waals surface area contributed by atoms with E-state index in [4.69, 9.17) is 25.3 Å². The molecular weight excluding hydrogens is 468 g/mol. The Bertz CT molecular complexity index is 1280. The molecule has 7 nitrogen and oxygen atoms in total. The standard InChI is InChI=1S/C30H36N2O5/c1-19-7-9-21(10-8-19)27-28-23(29(2,31)18-37-28)17-26(32-27)30(3,35)14-13-24(34)22-12-11-20(6-5-15-33)25(16-22)36-4/h7-12,16-17,33,35H,5-6,13-15,18,31H2,1-4H3. The number of pyridine rings is 1. The number of benzene rings is 2. The number of hydrogen-bond donors (Lipinski definition) is 3. The summed E-state index contributed by atoms with van der Waals surface area (Å²) in [4.78, 5) is 17.9. The molecule has 0 aliphatic carbocycles. The summed E-state index contributed by atoms with van der Waals surface area (Å²) >= 11 is 0. The quantitative estimate of drug-likeness (QED) is 0.350. The summed E-state index contributed by atoms with van der Waals surface area (Å²) in [5.41, 5.74) is 9.79. The fourth-order valence-corrected chi connectivity index (χ4v) is 4.61. The third-order valence-electron chi connectivity index (χ3n) is 7.03. The number of aliphatic hydroxyl groups is 2. The number of carbonyl (C=O) groups is 1. The lowest BCUT2D eigenvalue weighted by Crippen LogP contribution is -2.35. The number of aliphatic hydroxyl groups excluding tert-OH is 1. The van der Waals surface area contributed by atoms with E-state index < -0.39 is 11.1 Å². The molecule has 0 amide bonds. The van der Waals surface area contributed by atoms with Crippen LogP contribution in [0.1, 0.15) is 65.9 Å². The minimum atomic E-state index is -1.37. The van der Waals surface area contributed by atoms with Crippen LogP contribution >= 0.6 is 0 Å². The number of methoxy groups -OCH3 is 1. The molecule has 37 heavy (non-hydrogen) atoms. The first-order chi connectivity index (χ1) is 17.6. The van der Waals surface area contributed by atoms with E-state index >= 15 is 0 Å². The Balaban J connectivity index is 1.60. The van der Waals surface area contributed by atoms with Crippen molar-refractivity contribution < 1.29 is 24.5 Å². The second kappa shape index (κ2) is 10.6. The Morgan fingerprint density at radius 1 is 1.22 bits per heavy atom. The second-order valence-electron chi connectivity index (χ2n) is 10.4. The van der Waals surface area contributed by atoms with Gasteiger partial charge in [0.2, 0.25) is 0 Å².